The molecule has 0 unspecified atom stereocenters. The topological polar surface area (TPSA) is 107 Å². The van der Waals surface area contributed by atoms with Gasteiger partial charge in [0.2, 0.25) is 0 Å². The number of piperidine rings is 1. The van der Waals surface area contributed by atoms with E-state index in [1.807, 2.05) is 0 Å². The predicted molar refractivity (Wildman–Crippen MR) is 116 cm³/mol. The van der Waals surface area contributed by atoms with Gasteiger partial charge in [-0.1, -0.05) is 6.92 Å². The van der Waals surface area contributed by atoms with Gasteiger partial charge in [-0.25, -0.2) is 0 Å². The van der Waals surface area contributed by atoms with Crippen LogP contribution < -0.4 is 0 Å². The Morgan fingerprint density at radius 1 is 1.18 bits per heavy atom. The van der Waals surface area contributed by atoms with Crippen LogP contribution in [0.4, 0.5) is 0 Å². The van der Waals surface area contributed by atoms with E-state index in [0.717, 1.165) is 25.9 Å². The fourth-order valence-corrected chi connectivity index (χ4v) is 11.1. The molecular weight excluding hydrogens is 442 g/mol. The maximum absolute atomic E-state index is 13.1. The molecule has 13 atom stereocenters. The van der Waals surface area contributed by atoms with Gasteiger partial charge >= 0.3 is 5.97 Å². The molecule has 5 aliphatic carbocycles. The Hall–Kier alpha value is -0.810. The average molecular weight is 480 g/mol. The monoisotopic (exact) mass is 479 g/mol. The van der Waals surface area contributed by atoms with Crippen molar-refractivity contribution in [3.8, 4) is 0 Å². The van der Waals surface area contributed by atoms with E-state index in [1.165, 1.54) is 6.92 Å². The predicted octanol–water partition coefficient (Wildman–Crippen LogP) is 0.306. The summed E-state index contributed by atoms with van der Waals surface area (Å²) in [6.07, 6.45) is 0.750. The molecule has 5 saturated carbocycles. The molecular formula is C25H37NO8. The first-order valence-corrected chi connectivity index (χ1v) is 12.9. The minimum atomic E-state index is -1.26. The molecule has 0 aromatic heterocycles. The molecule has 7 bridgehead atoms. The molecule has 0 amide bonds. The number of carbonyl (C=O) groups excluding carboxylic acids is 1. The zero-order valence-electron chi connectivity index (χ0n) is 20.4. The van der Waals surface area contributed by atoms with Crippen molar-refractivity contribution in [1.82, 2.24) is 4.90 Å². The van der Waals surface area contributed by atoms with Crippen molar-refractivity contribution in [3.63, 3.8) is 0 Å². The van der Waals surface area contributed by atoms with Gasteiger partial charge in [0.25, 0.3) is 0 Å². The Balaban J connectivity index is 1.59. The fourth-order valence-electron chi connectivity index (χ4n) is 11.1. The van der Waals surface area contributed by atoms with Crippen LogP contribution in [0.25, 0.3) is 0 Å². The number of aliphatic hydroxyl groups is 2. The maximum Gasteiger partial charge on any atom is 0.303 e. The standard InChI is InChI=1S/C25H37NO8/c1-5-26-10-13-6-7-16(31-4)24-17(13)20(34-12(2)27)25(21(24)26)23(32-11-33-25)9-15(30-3)14-8-22(24,29)19(23)18(14)28/h13-21,28-29H,5-11H2,1-4H3/t13-,14+,15-,16-,17-,18-,19-,20-,21-,22-,23+,24+,25-/m0/s1. The second-order valence-electron chi connectivity index (χ2n) is 11.9. The van der Waals surface area contributed by atoms with Crippen LogP contribution >= 0.6 is 0 Å². The van der Waals surface area contributed by atoms with E-state index < -0.39 is 40.3 Å². The number of rotatable bonds is 4. The summed E-state index contributed by atoms with van der Waals surface area (Å²) in [6.45, 7) is 5.27. The largest absolute Gasteiger partial charge is 0.459 e. The van der Waals surface area contributed by atoms with E-state index in [1.54, 1.807) is 14.2 Å². The number of fused-ring (bicyclic) bond motifs is 1. The highest BCUT2D eigenvalue weighted by molar-refractivity contribution is 5.67. The molecule has 2 aliphatic heterocycles. The number of aliphatic hydroxyl groups excluding tert-OH is 1. The van der Waals surface area contributed by atoms with Crippen molar-refractivity contribution in [3.05, 3.63) is 0 Å². The number of likely N-dealkylation sites (tertiary alicyclic amines) is 1. The lowest BCUT2D eigenvalue weighted by molar-refractivity contribution is -0.323. The molecule has 2 N–H and O–H groups in total. The second-order valence-corrected chi connectivity index (χ2v) is 11.9. The molecule has 34 heavy (non-hydrogen) atoms. The summed E-state index contributed by atoms with van der Waals surface area (Å²) in [4.78, 5) is 15.0. The summed E-state index contributed by atoms with van der Waals surface area (Å²) in [5.41, 5.74) is -4.06. The van der Waals surface area contributed by atoms with E-state index in [-0.39, 0.29) is 48.8 Å². The summed E-state index contributed by atoms with van der Waals surface area (Å²) in [5, 5.41) is 24.8. The fraction of sp³-hybridized carbons (Fsp3) is 0.960. The first kappa shape index (κ1) is 22.4. The van der Waals surface area contributed by atoms with Gasteiger partial charge in [-0.2, -0.15) is 0 Å². The summed E-state index contributed by atoms with van der Waals surface area (Å²) in [5.74, 6) is -1.02. The van der Waals surface area contributed by atoms with Gasteiger partial charge in [-0.05, 0) is 31.7 Å². The number of hydrogen-bond acceptors (Lipinski definition) is 9. The number of carbonyl (C=O) groups is 1. The third kappa shape index (κ3) is 1.97. The lowest BCUT2D eigenvalue weighted by atomic mass is 9.43. The number of methoxy groups -OCH3 is 2. The van der Waals surface area contributed by atoms with Crippen LogP contribution in [-0.2, 0) is 28.5 Å². The highest BCUT2D eigenvalue weighted by atomic mass is 16.7. The average Bonchev–Trinajstić information content (AvgIpc) is 3.32. The van der Waals surface area contributed by atoms with Crippen molar-refractivity contribution < 1.29 is 38.7 Å². The Morgan fingerprint density at radius 2 is 1.97 bits per heavy atom. The molecule has 9 heteroatoms. The molecule has 9 nitrogen and oxygen atoms in total. The summed E-state index contributed by atoms with van der Waals surface area (Å²) in [7, 11) is 3.39. The molecule has 7 aliphatic rings. The SMILES string of the molecule is CCN1C[C@@H]2CC[C@H](OC)[C@]34[C@@H]2[C@H](OC(C)=O)[C@]2(OCO[C@@]25C[C@H](OC)[C@H]2C[C@]3(O)[C@@H]5[C@H]2O)[C@@H]14. The van der Waals surface area contributed by atoms with Crippen LogP contribution in [0.2, 0.25) is 0 Å². The lowest BCUT2D eigenvalue weighted by Crippen LogP contribution is -2.85. The molecule has 2 saturated heterocycles. The summed E-state index contributed by atoms with van der Waals surface area (Å²) in [6, 6.07) is -0.258. The Kier molecular flexibility index (Phi) is 4.44. The minimum absolute atomic E-state index is 0.0390. The molecule has 2 heterocycles. The number of esters is 1. The van der Waals surface area contributed by atoms with Crippen LogP contribution in [0.1, 0.15) is 39.5 Å². The molecule has 7 rings (SSSR count). The second kappa shape index (κ2) is 6.73. The molecule has 3 spiro atoms. The van der Waals surface area contributed by atoms with Crippen molar-refractivity contribution >= 4 is 5.97 Å². The Labute approximate surface area is 200 Å². The molecule has 0 aromatic rings. The number of hydrogen-bond donors (Lipinski definition) is 2. The molecule has 0 aromatic carbocycles. The van der Waals surface area contributed by atoms with Gasteiger partial charge in [0.1, 0.15) is 18.5 Å². The highest BCUT2D eigenvalue weighted by Crippen LogP contribution is 2.82. The summed E-state index contributed by atoms with van der Waals surface area (Å²) < 4.78 is 31.7. The van der Waals surface area contributed by atoms with E-state index in [9.17, 15) is 15.0 Å². The zero-order chi connectivity index (χ0) is 23.8. The highest BCUT2D eigenvalue weighted by Gasteiger charge is 2.96. The number of ether oxygens (including phenoxy) is 5. The van der Waals surface area contributed by atoms with Gasteiger partial charge in [-0.15, -0.1) is 0 Å². The first-order chi connectivity index (χ1) is 16.3. The quantitative estimate of drug-likeness (QED) is 0.551. The van der Waals surface area contributed by atoms with Gasteiger partial charge in [0.05, 0.1) is 35.4 Å². The van der Waals surface area contributed by atoms with Crippen LogP contribution in [0.15, 0.2) is 0 Å². The Bertz CT molecular complexity index is 917. The van der Waals surface area contributed by atoms with E-state index in [0.29, 0.717) is 12.8 Å². The van der Waals surface area contributed by atoms with E-state index >= 15 is 0 Å². The van der Waals surface area contributed by atoms with Gasteiger partial charge in [0.15, 0.2) is 5.60 Å². The van der Waals surface area contributed by atoms with Gasteiger partial charge in [0, 0.05) is 51.9 Å². The van der Waals surface area contributed by atoms with E-state index in [2.05, 4.69) is 11.8 Å². The smallest absolute Gasteiger partial charge is 0.303 e. The number of nitrogens with zero attached hydrogens (tertiary/aromatic N) is 1. The molecule has 7 fully saturated rings. The van der Waals surface area contributed by atoms with Crippen LogP contribution in [0.5, 0.6) is 0 Å². The maximum atomic E-state index is 13.1. The normalized spacial score (nSPS) is 60.8. The van der Waals surface area contributed by atoms with Crippen molar-refractivity contribution in [2.45, 2.75) is 86.8 Å². The zero-order valence-corrected chi connectivity index (χ0v) is 20.4. The van der Waals surface area contributed by atoms with Crippen LogP contribution in [0, 0.1) is 29.1 Å². The van der Waals surface area contributed by atoms with Gasteiger partial charge < -0.3 is 33.9 Å². The first-order valence-electron chi connectivity index (χ1n) is 12.9. The Morgan fingerprint density at radius 3 is 2.65 bits per heavy atom. The van der Waals surface area contributed by atoms with Crippen molar-refractivity contribution in [1.29, 1.82) is 0 Å². The molecule has 0 radical (unpaired) electrons. The third-order valence-corrected chi connectivity index (χ3v) is 11.5. The molecule has 190 valence electrons. The van der Waals surface area contributed by atoms with E-state index in [4.69, 9.17) is 23.7 Å². The summed E-state index contributed by atoms with van der Waals surface area (Å²) >= 11 is 0. The minimum Gasteiger partial charge on any atom is -0.459 e. The van der Waals surface area contributed by atoms with Crippen LogP contribution in [-0.4, -0.2) is 102 Å². The van der Waals surface area contributed by atoms with Gasteiger partial charge in [-0.3, -0.25) is 9.69 Å². The van der Waals surface area contributed by atoms with Crippen molar-refractivity contribution in [2.75, 3.05) is 34.1 Å². The third-order valence-electron chi connectivity index (χ3n) is 11.5. The van der Waals surface area contributed by atoms with Crippen LogP contribution in [0.3, 0.4) is 0 Å². The lowest BCUT2D eigenvalue weighted by Gasteiger charge is -2.70. The number of likely N-dealkylation sites (N-methyl/N-ethyl adjacent to an activating group) is 1. The van der Waals surface area contributed by atoms with Crippen molar-refractivity contribution in [2.24, 2.45) is 29.1 Å².